The van der Waals surface area contributed by atoms with Crippen LogP contribution in [-0.4, -0.2) is 18.4 Å². The molecule has 96 valence electrons. The number of Topliss-reactive ketones (excluding diaryl/α,β-unsaturated/α-hetero) is 1. The Bertz CT molecular complexity index is 454. The highest BCUT2D eigenvalue weighted by atomic mass is 35.5. The summed E-state index contributed by atoms with van der Waals surface area (Å²) in [6, 6.07) is 6.64. The highest BCUT2D eigenvalue weighted by Crippen LogP contribution is 2.21. The molecule has 0 bridgehead atoms. The molecule has 18 heavy (non-hydrogen) atoms. The average molecular weight is 267 g/mol. The van der Waals surface area contributed by atoms with Crippen LogP contribution in [0.1, 0.15) is 23.7 Å². The Balaban J connectivity index is 2.99. The lowest BCUT2D eigenvalue weighted by Crippen LogP contribution is -2.26. The highest BCUT2D eigenvalue weighted by Gasteiger charge is 2.28. The topological polar surface area (TPSA) is 43.4 Å². The van der Waals surface area contributed by atoms with E-state index < -0.39 is 11.9 Å². The number of benzene rings is 1. The molecule has 1 rings (SSSR count). The zero-order valence-corrected chi connectivity index (χ0v) is 10.9. The molecular formula is C14H15ClO3. The molecule has 1 aromatic rings. The Morgan fingerprint density at radius 2 is 2.11 bits per heavy atom. The molecule has 0 amide bonds. The highest BCUT2D eigenvalue weighted by molar-refractivity contribution is 6.34. The first-order valence-electron chi connectivity index (χ1n) is 5.68. The van der Waals surface area contributed by atoms with Gasteiger partial charge in [0.2, 0.25) is 0 Å². The number of halogens is 1. The predicted molar refractivity (Wildman–Crippen MR) is 70.7 cm³/mol. The summed E-state index contributed by atoms with van der Waals surface area (Å²) in [5.74, 6) is -1.75. The van der Waals surface area contributed by atoms with Gasteiger partial charge < -0.3 is 4.74 Å². The number of carbonyl (C=O) groups is 2. The van der Waals surface area contributed by atoms with Crippen LogP contribution in [0.4, 0.5) is 0 Å². The minimum absolute atomic E-state index is 0.238. The number of esters is 1. The summed E-state index contributed by atoms with van der Waals surface area (Å²) < 4.78 is 4.89. The van der Waals surface area contributed by atoms with Gasteiger partial charge in [-0.25, -0.2) is 0 Å². The molecule has 0 saturated carbocycles. The van der Waals surface area contributed by atoms with Crippen molar-refractivity contribution in [1.82, 2.24) is 0 Å². The van der Waals surface area contributed by atoms with Gasteiger partial charge in [-0.05, 0) is 25.5 Å². The lowest BCUT2D eigenvalue weighted by molar-refractivity contribution is -0.146. The lowest BCUT2D eigenvalue weighted by Gasteiger charge is -2.13. The molecular weight excluding hydrogens is 252 g/mol. The molecule has 0 radical (unpaired) electrons. The van der Waals surface area contributed by atoms with Crippen molar-refractivity contribution in [2.24, 2.45) is 5.92 Å². The molecule has 0 aliphatic heterocycles. The molecule has 0 spiro atoms. The van der Waals surface area contributed by atoms with Crippen molar-refractivity contribution in [2.45, 2.75) is 13.3 Å². The fourth-order valence-electron chi connectivity index (χ4n) is 1.57. The molecule has 0 aliphatic rings. The smallest absolute Gasteiger partial charge is 0.317 e. The summed E-state index contributed by atoms with van der Waals surface area (Å²) in [5, 5.41) is 0.334. The summed E-state index contributed by atoms with van der Waals surface area (Å²) in [6.45, 7) is 5.48. The van der Waals surface area contributed by atoms with Crippen molar-refractivity contribution in [3.63, 3.8) is 0 Å². The van der Waals surface area contributed by atoms with E-state index in [1.54, 1.807) is 31.2 Å². The maximum absolute atomic E-state index is 12.2. The Hall–Kier alpha value is -1.61. The van der Waals surface area contributed by atoms with E-state index in [0.717, 1.165) is 0 Å². The number of rotatable bonds is 6. The molecule has 1 atom stereocenters. The first kappa shape index (κ1) is 14.5. The van der Waals surface area contributed by atoms with Gasteiger partial charge in [0.1, 0.15) is 5.92 Å². The minimum Gasteiger partial charge on any atom is -0.465 e. The van der Waals surface area contributed by atoms with Gasteiger partial charge in [-0.2, -0.15) is 0 Å². The quantitative estimate of drug-likeness (QED) is 0.343. The van der Waals surface area contributed by atoms with Gasteiger partial charge in [-0.15, -0.1) is 6.58 Å². The SMILES string of the molecule is C=CCC(C(=O)OCC)C(=O)c1ccccc1Cl. The van der Waals surface area contributed by atoms with Gasteiger partial charge in [-0.1, -0.05) is 29.8 Å². The van der Waals surface area contributed by atoms with Gasteiger partial charge in [-0.3, -0.25) is 9.59 Å². The molecule has 4 heteroatoms. The molecule has 0 fully saturated rings. The van der Waals surface area contributed by atoms with Crippen molar-refractivity contribution in [3.05, 3.63) is 47.5 Å². The maximum Gasteiger partial charge on any atom is 0.317 e. The summed E-state index contributed by atoms with van der Waals surface area (Å²) in [6.07, 6.45) is 1.76. The van der Waals surface area contributed by atoms with Crippen LogP contribution in [0.3, 0.4) is 0 Å². The van der Waals surface area contributed by atoms with Gasteiger partial charge in [0.05, 0.1) is 11.6 Å². The molecule has 0 aliphatic carbocycles. The largest absolute Gasteiger partial charge is 0.465 e. The fourth-order valence-corrected chi connectivity index (χ4v) is 1.80. The van der Waals surface area contributed by atoms with E-state index in [1.807, 2.05) is 0 Å². The second-order valence-corrected chi connectivity index (χ2v) is 4.08. The summed E-state index contributed by atoms with van der Waals surface area (Å²) in [4.78, 5) is 24.0. The molecule has 0 N–H and O–H groups in total. The third-order valence-corrected chi connectivity index (χ3v) is 2.76. The predicted octanol–water partition coefficient (Wildman–Crippen LogP) is 3.28. The van der Waals surface area contributed by atoms with Crippen molar-refractivity contribution < 1.29 is 14.3 Å². The number of allylic oxidation sites excluding steroid dienone is 1. The number of hydrogen-bond donors (Lipinski definition) is 0. The minimum atomic E-state index is -0.873. The van der Waals surface area contributed by atoms with Crippen LogP contribution in [0.15, 0.2) is 36.9 Å². The molecule has 0 aromatic heterocycles. The average Bonchev–Trinajstić information content (AvgIpc) is 2.36. The van der Waals surface area contributed by atoms with Gasteiger partial charge in [0.25, 0.3) is 0 Å². The van der Waals surface area contributed by atoms with E-state index >= 15 is 0 Å². The molecule has 1 unspecified atom stereocenters. The third-order valence-electron chi connectivity index (χ3n) is 2.43. The van der Waals surface area contributed by atoms with E-state index in [4.69, 9.17) is 16.3 Å². The van der Waals surface area contributed by atoms with Crippen LogP contribution in [0.25, 0.3) is 0 Å². The van der Waals surface area contributed by atoms with E-state index in [-0.39, 0.29) is 18.8 Å². The summed E-state index contributed by atoms with van der Waals surface area (Å²) in [5.41, 5.74) is 0.332. The van der Waals surface area contributed by atoms with Crippen LogP contribution < -0.4 is 0 Å². The van der Waals surface area contributed by atoms with E-state index in [2.05, 4.69) is 6.58 Å². The van der Waals surface area contributed by atoms with Crippen LogP contribution in [0.5, 0.6) is 0 Å². The Kier molecular flexibility index (Phi) is 5.59. The monoisotopic (exact) mass is 266 g/mol. The van der Waals surface area contributed by atoms with Crippen molar-refractivity contribution in [1.29, 1.82) is 0 Å². The van der Waals surface area contributed by atoms with Gasteiger partial charge in [0, 0.05) is 5.56 Å². The van der Waals surface area contributed by atoms with E-state index in [0.29, 0.717) is 10.6 Å². The Morgan fingerprint density at radius 1 is 1.44 bits per heavy atom. The lowest BCUT2D eigenvalue weighted by atomic mass is 9.94. The molecule has 0 saturated heterocycles. The second kappa shape index (κ2) is 6.97. The van der Waals surface area contributed by atoms with E-state index in [1.165, 1.54) is 6.08 Å². The standard InChI is InChI=1S/C14H15ClO3/c1-3-7-11(14(17)18-4-2)13(16)10-8-5-6-9-12(10)15/h3,5-6,8-9,11H,1,4,7H2,2H3. The van der Waals surface area contributed by atoms with Crippen LogP contribution in [0, 0.1) is 5.92 Å². The van der Waals surface area contributed by atoms with Gasteiger partial charge in [0.15, 0.2) is 5.78 Å². The number of ether oxygens (including phenoxy) is 1. The number of carbonyl (C=O) groups excluding carboxylic acids is 2. The van der Waals surface area contributed by atoms with Crippen LogP contribution in [0.2, 0.25) is 5.02 Å². The summed E-state index contributed by atoms with van der Waals surface area (Å²) >= 11 is 5.95. The molecule has 3 nitrogen and oxygen atoms in total. The Morgan fingerprint density at radius 3 is 2.67 bits per heavy atom. The zero-order valence-electron chi connectivity index (χ0n) is 10.2. The first-order chi connectivity index (χ1) is 8.61. The van der Waals surface area contributed by atoms with Crippen molar-refractivity contribution in [2.75, 3.05) is 6.61 Å². The molecule has 1 aromatic carbocycles. The number of ketones is 1. The normalized spacial score (nSPS) is 11.7. The second-order valence-electron chi connectivity index (χ2n) is 3.67. The van der Waals surface area contributed by atoms with Crippen LogP contribution >= 0.6 is 11.6 Å². The number of hydrogen-bond acceptors (Lipinski definition) is 3. The fraction of sp³-hybridized carbons (Fsp3) is 0.286. The van der Waals surface area contributed by atoms with E-state index in [9.17, 15) is 9.59 Å². The molecule has 0 heterocycles. The van der Waals surface area contributed by atoms with Crippen molar-refractivity contribution >= 4 is 23.4 Å². The van der Waals surface area contributed by atoms with Crippen molar-refractivity contribution in [3.8, 4) is 0 Å². The maximum atomic E-state index is 12.2. The summed E-state index contributed by atoms with van der Waals surface area (Å²) in [7, 11) is 0. The van der Waals surface area contributed by atoms with Crippen LogP contribution in [-0.2, 0) is 9.53 Å². The zero-order chi connectivity index (χ0) is 13.5. The first-order valence-corrected chi connectivity index (χ1v) is 6.05. The van der Waals surface area contributed by atoms with Gasteiger partial charge >= 0.3 is 5.97 Å². The Labute approximate surface area is 111 Å². The third kappa shape index (κ3) is 3.44.